The van der Waals surface area contributed by atoms with Crippen LogP contribution >= 0.6 is 0 Å². The fourth-order valence-corrected chi connectivity index (χ4v) is 10.7. The van der Waals surface area contributed by atoms with Gasteiger partial charge in [0, 0.05) is 18.6 Å². The van der Waals surface area contributed by atoms with Gasteiger partial charge in [-0.05, 0) is 76.2 Å². The summed E-state index contributed by atoms with van der Waals surface area (Å²) in [6.07, 6.45) is -0.0395. The number of nitrogens with zero attached hydrogens (tertiary/aromatic N) is 1. The highest BCUT2D eigenvalue weighted by Crippen LogP contribution is 2.40. The summed E-state index contributed by atoms with van der Waals surface area (Å²) >= 11 is 0. The highest BCUT2D eigenvalue weighted by Gasteiger charge is 2.54. The number of likely N-dealkylation sites (tertiary alicyclic amines) is 1. The van der Waals surface area contributed by atoms with Crippen molar-refractivity contribution in [1.29, 1.82) is 0 Å². The van der Waals surface area contributed by atoms with Crippen LogP contribution in [0.1, 0.15) is 88.5 Å². The topological polar surface area (TPSA) is 85.3 Å². The molecule has 0 saturated carbocycles. The summed E-state index contributed by atoms with van der Waals surface area (Å²) in [4.78, 5) is 28.9. The van der Waals surface area contributed by atoms with Crippen LogP contribution in [0.25, 0.3) is 0 Å². The van der Waals surface area contributed by atoms with Gasteiger partial charge < -0.3 is 19.0 Å². The number of hydrogen-bond donors (Lipinski definition) is 1. The molecular formula is C35H53NO6Si. The first-order valence-electron chi connectivity index (χ1n) is 15.6. The van der Waals surface area contributed by atoms with Crippen molar-refractivity contribution in [2.24, 2.45) is 5.92 Å². The Bertz CT molecular complexity index is 1160. The highest BCUT2D eigenvalue weighted by molar-refractivity contribution is 6.99. The van der Waals surface area contributed by atoms with E-state index in [0.717, 1.165) is 10.4 Å². The first-order chi connectivity index (χ1) is 19.9. The zero-order valence-corrected chi connectivity index (χ0v) is 28.8. The molecule has 8 heteroatoms. The third-order valence-electron chi connectivity index (χ3n) is 7.96. The van der Waals surface area contributed by atoms with Crippen LogP contribution in [0.3, 0.4) is 0 Å². The molecule has 0 spiro atoms. The molecule has 0 aromatic heterocycles. The molecule has 2 aromatic carbocycles. The Morgan fingerprint density at radius 3 is 1.77 bits per heavy atom. The number of benzene rings is 2. The highest BCUT2D eigenvalue weighted by atomic mass is 28.4. The Hall–Kier alpha value is -2.68. The van der Waals surface area contributed by atoms with Crippen LogP contribution in [-0.2, 0) is 18.7 Å². The number of carbonyl (C=O) groups is 2. The van der Waals surface area contributed by atoms with E-state index >= 15 is 0 Å². The molecule has 0 bridgehead atoms. The Kier molecular flexibility index (Phi) is 11.0. The number of carbonyl (C=O) groups excluding carboxylic acids is 2. The van der Waals surface area contributed by atoms with E-state index in [1.165, 1.54) is 4.90 Å². The zero-order chi connectivity index (χ0) is 32.2. The zero-order valence-electron chi connectivity index (χ0n) is 27.8. The molecule has 1 N–H and O–H groups in total. The number of ether oxygens (including phenoxy) is 2. The summed E-state index contributed by atoms with van der Waals surface area (Å²) in [6, 6.07) is 19.5. The maximum atomic E-state index is 13.8. The van der Waals surface area contributed by atoms with Gasteiger partial charge >= 0.3 is 12.1 Å². The lowest BCUT2D eigenvalue weighted by molar-refractivity contribution is -0.160. The minimum atomic E-state index is -2.88. The van der Waals surface area contributed by atoms with Crippen LogP contribution < -0.4 is 10.4 Å². The summed E-state index contributed by atoms with van der Waals surface area (Å²) in [5.41, 5.74) is -1.48. The number of aliphatic hydroxyl groups excluding tert-OH is 1. The lowest BCUT2D eigenvalue weighted by atomic mass is 9.94. The SMILES string of the molecule is CCC(O)C[C@@H]1[C@H](CO[Si](c2ccccc2)(c2ccccc2)C(C)(C)C)C[C@H](C(=O)OC(C)(C)C)N1C(=O)OC(C)(C)C. The van der Waals surface area contributed by atoms with Crippen molar-refractivity contribution in [3.63, 3.8) is 0 Å². The monoisotopic (exact) mass is 611 g/mol. The summed E-state index contributed by atoms with van der Waals surface area (Å²) in [5.74, 6) is -0.699. The van der Waals surface area contributed by atoms with Crippen molar-refractivity contribution in [1.82, 2.24) is 4.90 Å². The number of amides is 1. The fraction of sp³-hybridized carbons (Fsp3) is 0.600. The van der Waals surface area contributed by atoms with E-state index in [-0.39, 0.29) is 11.0 Å². The maximum absolute atomic E-state index is 13.8. The minimum Gasteiger partial charge on any atom is -0.458 e. The second-order valence-corrected chi connectivity index (χ2v) is 19.1. The van der Waals surface area contributed by atoms with Crippen molar-refractivity contribution in [2.75, 3.05) is 6.61 Å². The first kappa shape index (κ1) is 34.8. The van der Waals surface area contributed by atoms with Crippen molar-refractivity contribution < 1.29 is 28.6 Å². The van der Waals surface area contributed by atoms with Gasteiger partial charge in [-0.3, -0.25) is 4.90 Å². The van der Waals surface area contributed by atoms with Crippen LogP contribution in [0.2, 0.25) is 5.04 Å². The molecule has 0 radical (unpaired) electrons. The predicted octanol–water partition coefficient (Wildman–Crippen LogP) is 6.06. The van der Waals surface area contributed by atoms with Crippen LogP contribution in [0.5, 0.6) is 0 Å². The Balaban J connectivity index is 2.11. The number of aliphatic hydroxyl groups is 1. The van der Waals surface area contributed by atoms with Crippen LogP contribution in [0.4, 0.5) is 4.79 Å². The van der Waals surface area contributed by atoms with Crippen LogP contribution in [0, 0.1) is 5.92 Å². The quantitative estimate of drug-likeness (QED) is 0.274. The maximum Gasteiger partial charge on any atom is 0.411 e. The van der Waals surface area contributed by atoms with E-state index < -0.39 is 49.8 Å². The fourth-order valence-electron chi connectivity index (χ4n) is 6.10. The van der Waals surface area contributed by atoms with Crippen molar-refractivity contribution >= 4 is 30.8 Å². The summed E-state index contributed by atoms with van der Waals surface area (Å²) in [5, 5.41) is 12.9. The molecule has 7 nitrogen and oxygen atoms in total. The molecule has 43 heavy (non-hydrogen) atoms. The van der Waals surface area contributed by atoms with Gasteiger partial charge in [0.2, 0.25) is 0 Å². The lowest BCUT2D eigenvalue weighted by Crippen LogP contribution is -2.67. The molecule has 1 saturated heterocycles. The molecular weight excluding hydrogens is 558 g/mol. The largest absolute Gasteiger partial charge is 0.458 e. The average Bonchev–Trinajstić information content (AvgIpc) is 3.26. The van der Waals surface area contributed by atoms with E-state index in [1.54, 1.807) is 0 Å². The molecule has 238 valence electrons. The van der Waals surface area contributed by atoms with E-state index in [2.05, 4.69) is 45.0 Å². The Morgan fingerprint density at radius 2 is 1.35 bits per heavy atom. The number of esters is 1. The molecule has 1 fully saturated rings. The second-order valence-electron chi connectivity index (χ2n) is 14.8. The van der Waals surface area contributed by atoms with Crippen molar-refractivity contribution in [2.45, 2.75) is 123 Å². The second kappa shape index (κ2) is 13.5. The van der Waals surface area contributed by atoms with E-state index in [4.69, 9.17) is 13.9 Å². The normalized spacial score (nSPS) is 20.5. The standard InChI is InChI=1S/C35H53NO6Si/c1-11-26(37)23-29-25(22-30(31(38)41-33(2,3)4)36(29)32(39)42-34(5,6)7)24-40-43(35(8,9)10,27-18-14-12-15-19-27)28-20-16-13-17-21-28/h12-21,25-26,29-30,37H,11,22-24H2,1-10H3/t25-,26?,29+,30+/m0/s1. The van der Waals surface area contributed by atoms with Crippen molar-refractivity contribution in [3.8, 4) is 0 Å². The summed E-state index contributed by atoms with van der Waals surface area (Å²) < 4.78 is 18.9. The van der Waals surface area contributed by atoms with Gasteiger partial charge in [-0.1, -0.05) is 88.4 Å². The molecule has 1 aliphatic heterocycles. The Labute approximate surface area is 260 Å². The van der Waals surface area contributed by atoms with Crippen molar-refractivity contribution in [3.05, 3.63) is 60.7 Å². The van der Waals surface area contributed by atoms with Crippen LogP contribution in [0.15, 0.2) is 60.7 Å². The molecule has 3 rings (SSSR count). The van der Waals surface area contributed by atoms with E-state index in [9.17, 15) is 14.7 Å². The smallest absolute Gasteiger partial charge is 0.411 e. The Morgan fingerprint density at radius 1 is 0.860 bits per heavy atom. The molecule has 1 amide bonds. The van der Waals surface area contributed by atoms with Gasteiger partial charge in [-0.2, -0.15) is 0 Å². The van der Waals surface area contributed by atoms with Gasteiger partial charge in [0.25, 0.3) is 8.32 Å². The van der Waals surface area contributed by atoms with Gasteiger partial charge in [0.05, 0.1) is 6.10 Å². The van der Waals surface area contributed by atoms with Gasteiger partial charge in [-0.25, -0.2) is 9.59 Å². The summed E-state index contributed by atoms with van der Waals surface area (Å²) in [7, 11) is -2.88. The molecule has 1 aliphatic rings. The average molecular weight is 612 g/mol. The lowest BCUT2D eigenvalue weighted by Gasteiger charge is -2.44. The van der Waals surface area contributed by atoms with E-state index in [1.807, 2.05) is 84.9 Å². The first-order valence-corrected chi connectivity index (χ1v) is 17.5. The van der Waals surface area contributed by atoms with Crippen LogP contribution in [-0.4, -0.2) is 66.4 Å². The number of hydrogen-bond acceptors (Lipinski definition) is 6. The third-order valence-corrected chi connectivity index (χ3v) is 13.0. The molecule has 1 unspecified atom stereocenters. The third kappa shape index (κ3) is 8.49. The molecule has 4 atom stereocenters. The summed E-state index contributed by atoms with van der Waals surface area (Å²) in [6.45, 7) is 19.8. The predicted molar refractivity (Wildman–Crippen MR) is 174 cm³/mol. The van der Waals surface area contributed by atoms with Gasteiger partial charge in [0.15, 0.2) is 0 Å². The molecule has 0 aliphatic carbocycles. The van der Waals surface area contributed by atoms with Gasteiger partial charge in [0.1, 0.15) is 17.2 Å². The minimum absolute atomic E-state index is 0.229. The molecule has 2 aromatic rings. The molecule has 1 heterocycles. The van der Waals surface area contributed by atoms with E-state index in [0.29, 0.717) is 25.9 Å². The number of rotatable bonds is 9. The van der Waals surface area contributed by atoms with Gasteiger partial charge in [-0.15, -0.1) is 0 Å².